The SMILES string of the molecule is CC1(C)CC(=O)CC(=O)C1.CN1C(=O)CC(C)(C)CC1=O. The van der Waals surface area contributed by atoms with E-state index in [2.05, 4.69) is 0 Å². The van der Waals surface area contributed by atoms with Gasteiger partial charge in [0.15, 0.2) is 0 Å². The van der Waals surface area contributed by atoms with Gasteiger partial charge in [0.2, 0.25) is 11.8 Å². The lowest BCUT2D eigenvalue weighted by Gasteiger charge is -2.32. The lowest BCUT2D eigenvalue weighted by Crippen LogP contribution is -2.43. The molecule has 1 saturated carbocycles. The summed E-state index contributed by atoms with van der Waals surface area (Å²) in [5.74, 6) is 0.0694. The fourth-order valence-electron chi connectivity index (χ4n) is 2.73. The third-order valence-corrected chi connectivity index (χ3v) is 3.75. The molecule has 118 valence electrons. The summed E-state index contributed by atoms with van der Waals surface area (Å²) in [4.78, 5) is 45.2. The summed E-state index contributed by atoms with van der Waals surface area (Å²) in [6.07, 6.45) is 2.27. The van der Waals surface area contributed by atoms with Gasteiger partial charge in [-0.1, -0.05) is 27.7 Å². The van der Waals surface area contributed by atoms with Crippen LogP contribution in [0.2, 0.25) is 0 Å². The summed E-state index contributed by atoms with van der Waals surface area (Å²) < 4.78 is 0. The summed E-state index contributed by atoms with van der Waals surface area (Å²) in [5.41, 5.74) is -0.215. The van der Waals surface area contributed by atoms with Gasteiger partial charge in [0.25, 0.3) is 0 Å². The summed E-state index contributed by atoms with van der Waals surface area (Å²) in [7, 11) is 1.54. The van der Waals surface area contributed by atoms with Crippen LogP contribution in [0.1, 0.15) is 59.8 Å². The van der Waals surface area contributed by atoms with Crippen LogP contribution in [0.25, 0.3) is 0 Å². The van der Waals surface area contributed by atoms with Crippen LogP contribution in [0, 0.1) is 10.8 Å². The highest BCUT2D eigenvalue weighted by molar-refractivity contribution is 6.02. The molecule has 1 aliphatic heterocycles. The maximum atomic E-state index is 11.1. The predicted octanol–water partition coefficient (Wildman–Crippen LogP) is 2.13. The molecule has 21 heavy (non-hydrogen) atoms. The molecule has 0 aromatic heterocycles. The van der Waals surface area contributed by atoms with Crippen molar-refractivity contribution in [1.82, 2.24) is 4.90 Å². The van der Waals surface area contributed by atoms with Crippen molar-refractivity contribution in [2.24, 2.45) is 10.8 Å². The van der Waals surface area contributed by atoms with Crippen molar-refractivity contribution in [1.29, 1.82) is 0 Å². The molecular weight excluding hydrogens is 270 g/mol. The average molecular weight is 295 g/mol. The van der Waals surface area contributed by atoms with Crippen molar-refractivity contribution >= 4 is 23.4 Å². The van der Waals surface area contributed by atoms with Crippen LogP contribution in [0.5, 0.6) is 0 Å². The third-order valence-electron chi connectivity index (χ3n) is 3.75. The molecule has 5 nitrogen and oxygen atoms in total. The van der Waals surface area contributed by atoms with Gasteiger partial charge in [0.05, 0.1) is 6.42 Å². The van der Waals surface area contributed by atoms with Crippen molar-refractivity contribution < 1.29 is 19.2 Å². The van der Waals surface area contributed by atoms with Crippen LogP contribution >= 0.6 is 0 Å². The molecule has 0 aromatic carbocycles. The first kappa shape index (κ1) is 17.5. The van der Waals surface area contributed by atoms with E-state index >= 15 is 0 Å². The fraction of sp³-hybridized carbons (Fsp3) is 0.750. The summed E-state index contributed by atoms with van der Waals surface area (Å²) in [5, 5.41) is 0. The highest BCUT2D eigenvalue weighted by Crippen LogP contribution is 2.31. The number of hydrogen-bond donors (Lipinski definition) is 0. The van der Waals surface area contributed by atoms with Gasteiger partial charge in [-0.15, -0.1) is 0 Å². The first-order chi connectivity index (χ1) is 9.42. The number of ketones is 2. The molecule has 5 heteroatoms. The zero-order valence-corrected chi connectivity index (χ0v) is 13.6. The zero-order valence-electron chi connectivity index (χ0n) is 13.6. The maximum Gasteiger partial charge on any atom is 0.229 e. The van der Waals surface area contributed by atoms with E-state index in [1.54, 1.807) is 7.05 Å². The smallest absolute Gasteiger partial charge is 0.229 e. The van der Waals surface area contributed by atoms with E-state index in [0.717, 1.165) is 0 Å². The number of likely N-dealkylation sites (tertiary alicyclic amines) is 1. The van der Waals surface area contributed by atoms with Crippen LogP contribution in [-0.2, 0) is 19.2 Å². The molecule has 1 saturated heterocycles. The number of nitrogens with zero attached hydrogens (tertiary/aromatic N) is 1. The maximum absolute atomic E-state index is 11.1. The lowest BCUT2D eigenvalue weighted by atomic mass is 9.76. The van der Waals surface area contributed by atoms with Crippen molar-refractivity contribution in [3.8, 4) is 0 Å². The van der Waals surface area contributed by atoms with Gasteiger partial charge < -0.3 is 0 Å². The van der Waals surface area contributed by atoms with Gasteiger partial charge in [-0.2, -0.15) is 0 Å². The van der Waals surface area contributed by atoms with Gasteiger partial charge in [-0.3, -0.25) is 24.1 Å². The second-order valence-corrected chi connectivity index (χ2v) is 7.64. The molecule has 0 aromatic rings. The first-order valence-corrected chi connectivity index (χ1v) is 7.25. The van der Waals surface area contributed by atoms with E-state index in [1.807, 2.05) is 27.7 Å². The highest BCUT2D eigenvalue weighted by Gasteiger charge is 2.35. The molecule has 1 aliphatic carbocycles. The molecule has 1 heterocycles. The Morgan fingerprint density at radius 3 is 1.38 bits per heavy atom. The van der Waals surface area contributed by atoms with Gasteiger partial charge in [0.1, 0.15) is 11.6 Å². The van der Waals surface area contributed by atoms with Crippen molar-refractivity contribution in [2.75, 3.05) is 7.05 Å². The minimum Gasteiger partial charge on any atom is -0.299 e. The number of carbonyl (C=O) groups is 4. The van der Waals surface area contributed by atoms with Crippen LogP contribution in [0.3, 0.4) is 0 Å². The fourth-order valence-corrected chi connectivity index (χ4v) is 2.73. The number of rotatable bonds is 0. The van der Waals surface area contributed by atoms with Crippen LogP contribution in [0.4, 0.5) is 0 Å². The van der Waals surface area contributed by atoms with E-state index in [0.29, 0.717) is 25.7 Å². The second-order valence-electron chi connectivity index (χ2n) is 7.64. The Balaban J connectivity index is 0.000000211. The van der Waals surface area contributed by atoms with Crippen molar-refractivity contribution in [2.45, 2.75) is 59.8 Å². The number of piperidine rings is 1. The summed E-state index contributed by atoms with van der Waals surface area (Å²) in [6.45, 7) is 7.80. The second kappa shape index (κ2) is 6.08. The Hall–Kier alpha value is -1.52. The van der Waals surface area contributed by atoms with Gasteiger partial charge in [-0.25, -0.2) is 0 Å². The molecule has 2 amide bonds. The molecule has 0 spiro atoms. The molecule has 0 N–H and O–H groups in total. The Labute approximate surface area is 126 Å². The molecule has 2 rings (SSSR count). The standard InChI is InChI=1S/C8H13NO2.C8H12O2/c1-8(2)4-6(10)9(3)7(11)5-8;1-8(2)4-6(9)3-7(10)5-8/h4-5H2,1-3H3;3-5H2,1-2H3. The Morgan fingerprint density at radius 1 is 0.714 bits per heavy atom. The highest BCUT2D eigenvalue weighted by atomic mass is 16.2. The van der Waals surface area contributed by atoms with Crippen molar-refractivity contribution in [3.05, 3.63) is 0 Å². The topological polar surface area (TPSA) is 71.5 Å². The van der Waals surface area contributed by atoms with E-state index < -0.39 is 0 Å². The first-order valence-electron chi connectivity index (χ1n) is 7.25. The zero-order chi connectivity index (χ0) is 16.4. The molecule has 0 radical (unpaired) electrons. The molecule has 0 unspecified atom stereocenters. The largest absolute Gasteiger partial charge is 0.299 e. The Morgan fingerprint density at radius 2 is 1.05 bits per heavy atom. The molecular formula is C16H25NO4. The molecule has 0 atom stereocenters. The van der Waals surface area contributed by atoms with Crippen LogP contribution in [-0.4, -0.2) is 35.3 Å². The average Bonchev–Trinajstić information content (AvgIpc) is 2.21. The molecule has 2 aliphatic rings. The predicted molar refractivity (Wildman–Crippen MR) is 78.4 cm³/mol. The Bertz CT molecular complexity index is 439. The number of carbonyl (C=O) groups excluding carboxylic acids is 4. The van der Waals surface area contributed by atoms with Crippen LogP contribution < -0.4 is 0 Å². The summed E-state index contributed by atoms with van der Waals surface area (Å²) in [6, 6.07) is 0. The number of imide groups is 1. The van der Waals surface area contributed by atoms with Gasteiger partial charge in [0, 0.05) is 32.7 Å². The third kappa shape index (κ3) is 5.40. The van der Waals surface area contributed by atoms with E-state index in [4.69, 9.17) is 0 Å². The lowest BCUT2D eigenvalue weighted by molar-refractivity contribution is -0.150. The van der Waals surface area contributed by atoms with Crippen molar-refractivity contribution in [3.63, 3.8) is 0 Å². The monoisotopic (exact) mass is 295 g/mol. The summed E-state index contributed by atoms with van der Waals surface area (Å²) >= 11 is 0. The van der Waals surface area contributed by atoms with E-state index in [1.165, 1.54) is 4.90 Å². The minimum absolute atomic E-state index is 0.0637. The van der Waals surface area contributed by atoms with Gasteiger partial charge >= 0.3 is 0 Å². The quantitative estimate of drug-likeness (QED) is 0.507. The Kier molecular flexibility index (Phi) is 5.07. The van der Waals surface area contributed by atoms with E-state index in [-0.39, 0.29) is 40.6 Å². The number of Topliss-reactive ketones (excluding diaryl/α,β-unsaturated/α-hetero) is 2. The van der Waals surface area contributed by atoms with E-state index in [9.17, 15) is 19.2 Å². The van der Waals surface area contributed by atoms with Gasteiger partial charge in [-0.05, 0) is 10.8 Å². The number of hydrogen-bond acceptors (Lipinski definition) is 4. The minimum atomic E-state index is -0.138. The molecule has 2 fully saturated rings. The normalized spacial score (nSPS) is 24.5. The molecule has 0 bridgehead atoms. The number of amides is 2. The van der Waals surface area contributed by atoms with Crippen LogP contribution in [0.15, 0.2) is 0 Å².